The predicted octanol–water partition coefficient (Wildman–Crippen LogP) is 2.42. The second-order valence-electron chi connectivity index (χ2n) is 4.29. The Morgan fingerprint density at radius 3 is 2.76 bits per heavy atom. The highest BCUT2D eigenvalue weighted by Crippen LogP contribution is 2.27. The quantitative estimate of drug-likeness (QED) is 0.590. The molecule has 1 saturated heterocycles. The first-order valence-corrected chi connectivity index (χ1v) is 5.66. The van der Waals surface area contributed by atoms with Crippen molar-refractivity contribution >= 4 is 5.97 Å². The average Bonchev–Trinajstić information content (AvgIpc) is 2.25. The van der Waals surface area contributed by atoms with E-state index in [9.17, 15) is 4.79 Å². The van der Waals surface area contributed by atoms with Crippen molar-refractivity contribution in [3.05, 3.63) is 47.5 Å². The Kier molecular flexibility index (Phi) is 3.59. The minimum Gasteiger partial charge on any atom is -0.457 e. The van der Waals surface area contributed by atoms with Crippen molar-refractivity contribution in [2.45, 2.75) is 19.4 Å². The van der Waals surface area contributed by atoms with Crippen LogP contribution in [0.2, 0.25) is 0 Å². The van der Waals surface area contributed by atoms with E-state index < -0.39 is 0 Å². The van der Waals surface area contributed by atoms with Crippen LogP contribution >= 0.6 is 0 Å². The van der Waals surface area contributed by atoms with Crippen molar-refractivity contribution in [2.75, 3.05) is 13.2 Å². The summed E-state index contributed by atoms with van der Waals surface area (Å²) in [6, 6.07) is 8.00. The van der Waals surface area contributed by atoms with Crippen molar-refractivity contribution in [3.63, 3.8) is 0 Å². The lowest BCUT2D eigenvalue weighted by molar-refractivity contribution is -0.140. The first-order chi connectivity index (χ1) is 8.18. The van der Waals surface area contributed by atoms with Gasteiger partial charge >= 0.3 is 5.97 Å². The van der Waals surface area contributed by atoms with Gasteiger partial charge in [-0.3, -0.25) is 0 Å². The first-order valence-electron chi connectivity index (χ1n) is 5.66. The van der Waals surface area contributed by atoms with Gasteiger partial charge in [0.05, 0.1) is 13.2 Å². The monoisotopic (exact) mass is 232 g/mol. The van der Waals surface area contributed by atoms with Crippen LogP contribution in [-0.2, 0) is 20.9 Å². The van der Waals surface area contributed by atoms with E-state index in [2.05, 4.69) is 12.6 Å². The van der Waals surface area contributed by atoms with Gasteiger partial charge in [-0.2, -0.15) is 0 Å². The maximum absolute atomic E-state index is 11.3. The third-order valence-electron chi connectivity index (χ3n) is 2.84. The van der Waals surface area contributed by atoms with Crippen molar-refractivity contribution in [1.82, 2.24) is 0 Å². The molecule has 2 rings (SSSR count). The summed E-state index contributed by atoms with van der Waals surface area (Å²) in [5, 5.41) is 0. The van der Waals surface area contributed by atoms with Crippen molar-refractivity contribution in [3.8, 4) is 0 Å². The zero-order chi connectivity index (χ0) is 12.3. The molecular weight excluding hydrogens is 216 g/mol. The van der Waals surface area contributed by atoms with Gasteiger partial charge in [-0.1, -0.05) is 30.8 Å². The van der Waals surface area contributed by atoms with E-state index in [0.29, 0.717) is 18.1 Å². The first kappa shape index (κ1) is 11.9. The van der Waals surface area contributed by atoms with Crippen molar-refractivity contribution in [2.24, 2.45) is 0 Å². The molecule has 1 aromatic carbocycles. The minimum atomic E-state index is -0.343. The van der Waals surface area contributed by atoms with Gasteiger partial charge < -0.3 is 9.47 Å². The molecule has 0 amide bonds. The third kappa shape index (κ3) is 2.74. The van der Waals surface area contributed by atoms with E-state index in [1.807, 2.05) is 18.2 Å². The average molecular weight is 232 g/mol. The van der Waals surface area contributed by atoms with Crippen molar-refractivity contribution in [1.29, 1.82) is 0 Å². The highest BCUT2D eigenvalue weighted by Gasteiger charge is 2.23. The Bertz CT molecular complexity index is 433. The Morgan fingerprint density at radius 2 is 2.18 bits per heavy atom. The molecule has 3 nitrogen and oxygen atoms in total. The van der Waals surface area contributed by atoms with E-state index in [-0.39, 0.29) is 5.97 Å². The summed E-state index contributed by atoms with van der Waals surface area (Å²) in [4.78, 5) is 11.3. The molecule has 0 unspecified atom stereocenters. The molecule has 3 heteroatoms. The number of rotatable bonds is 4. The molecule has 1 heterocycles. The summed E-state index contributed by atoms with van der Waals surface area (Å²) in [6.45, 7) is 7.02. The lowest BCUT2D eigenvalue weighted by Crippen LogP contribution is -2.26. The summed E-state index contributed by atoms with van der Waals surface area (Å²) in [5.74, 6) is 0.0967. The number of hydrogen-bond donors (Lipinski definition) is 0. The van der Waals surface area contributed by atoms with E-state index in [1.54, 1.807) is 6.92 Å². The van der Waals surface area contributed by atoms with Gasteiger partial charge in [0.1, 0.15) is 6.61 Å². The van der Waals surface area contributed by atoms with Crippen LogP contribution in [0.3, 0.4) is 0 Å². The topological polar surface area (TPSA) is 35.5 Å². The van der Waals surface area contributed by atoms with Crippen LogP contribution in [0.5, 0.6) is 0 Å². The Hall–Kier alpha value is -1.61. The molecular formula is C14H16O3. The second-order valence-corrected chi connectivity index (χ2v) is 4.29. The number of esters is 1. The third-order valence-corrected chi connectivity index (χ3v) is 2.84. The SMILES string of the molecule is C=C(C)C(=O)OCc1ccccc1C1COC1. The van der Waals surface area contributed by atoms with Crippen LogP contribution in [-0.4, -0.2) is 19.2 Å². The summed E-state index contributed by atoms with van der Waals surface area (Å²) < 4.78 is 10.4. The molecule has 1 aliphatic rings. The van der Waals surface area contributed by atoms with E-state index in [4.69, 9.17) is 9.47 Å². The number of ether oxygens (including phenoxy) is 2. The molecule has 17 heavy (non-hydrogen) atoms. The van der Waals surface area contributed by atoms with E-state index in [0.717, 1.165) is 18.8 Å². The lowest BCUT2D eigenvalue weighted by Gasteiger charge is -2.28. The maximum Gasteiger partial charge on any atom is 0.333 e. The molecule has 90 valence electrons. The van der Waals surface area contributed by atoms with Gasteiger partial charge in [0, 0.05) is 11.5 Å². The zero-order valence-electron chi connectivity index (χ0n) is 9.94. The van der Waals surface area contributed by atoms with Gasteiger partial charge in [0.25, 0.3) is 0 Å². The molecule has 0 saturated carbocycles. The Morgan fingerprint density at radius 1 is 1.47 bits per heavy atom. The molecule has 0 aliphatic carbocycles. The van der Waals surface area contributed by atoms with Crippen LogP contribution in [0.1, 0.15) is 24.0 Å². The molecule has 1 aromatic rings. The second kappa shape index (κ2) is 5.15. The van der Waals surface area contributed by atoms with Crippen LogP contribution < -0.4 is 0 Å². The van der Waals surface area contributed by atoms with Gasteiger partial charge in [-0.25, -0.2) is 4.79 Å². The fraction of sp³-hybridized carbons (Fsp3) is 0.357. The van der Waals surface area contributed by atoms with Gasteiger partial charge in [0.15, 0.2) is 0 Å². The highest BCUT2D eigenvalue weighted by molar-refractivity contribution is 5.86. The Labute approximate surface area is 101 Å². The van der Waals surface area contributed by atoms with Crippen molar-refractivity contribution < 1.29 is 14.3 Å². The lowest BCUT2D eigenvalue weighted by atomic mass is 9.93. The summed E-state index contributed by atoms with van der Waals surface area (Å²) >= 11 is 0. The molecule has 0 N–H and O–H groups in total. The summed E-state index contributed by atoms with van der Waals surface area (Å²) in [7, 11) is 0. The number of hydrogen-bond acceptors (Lipinski definition) is 3. The fourth-order valence-corrected chi connectivity index (χ4v) is 1.75. The molecule has 0 aromatic heterocycles. The normalized spacial score (nSPS) is 15.1. The van der Waals surface area contributed by atoms with Crippen LogP contribution in [0, 0.1) is 0 Å². The standard InChI is InChI=1S/C14H16O3/c1-10(2)14(15)17-9-11-5-3-4-6-13(11)12-7-16-8-12/h3-6,12H,1,7-9H2,2H3. The molecule has 0 spiro atoms. The number of benzene rings is 1. The summed E-state index contributed by atoms with van der Waals surface area (Å²) in [6.07, 6.45) is 0. The largest absolute Gasteiger partial charge is 0.457 e. The van der Waals surface area contributed by atoms with E-state index >= 15 is 0 Å². The highest BCUT2D eigenvalue weighted by atomic mass is 16.5. The van der Waals surface area contributed by atoms with E-state index in [1.165, 1.54) is 5.56 Å². The van der Waals surface area contributed by atoms with Gasteiger partial charge in [-0.15, -0.1) is 0 Å². The van der Waals surface area contributed by atoms with Gasteiger partial charge in [-0.05, 0) is 18.1 Å². The van der Waals surface area contributed by atoms with Crippen LogP contribution in [0.15, 0.2) is 36.4 Å². The number of carbonyl (C=O) groups excluding carboxylic acids is 1. The fourth-order valence-electron chi connectivity index (χ4n) is 1.75. The molecule has 1 fully saturated rings. The smallest absolute Gasteiger partial charge is 0.333 e. The Balaban J connectivity index is 2.04. The molecule has 1 aliphatic heterocycles. The molecule has 0 atom stereocenters. The van der Waals surface area contributed by atoms with Gasteiger partial charge in [0.2, 0.25) is 0 Å². The predicted molar refractivity (Wildman–Crippen MR) is 64.6 cm³/mol. The van der Waals surface area contributed by atoms with Crippen LogP contribution in [0.25, 0.3) is 0 Å². The molecule has 0 radical (unpaired) electrons. The van der Waals surface area contributed by atoms with Crippen LogP contribution in [0.4, 0.5) is 0 Å². The molecule has 0 bridgehead atoms. The maximum atomic E-state index is 11.3. The zero-order valence-corrected chi connectivity index (χ0v) is 9.94. The number of carbonyl (C=O) groups is 1. The summed E-state index contributed by atoms with van der Waals surface area (Å²) in [5.41, 5.74) is 2.69. The minimum absolute atomic E-state index is 0.304.